The molecule has 0 radical (unpaired) electrons. The van der Waals surface area contributed by atoms with Gasteiger partial charge in [0.05, 0.1) is 33.0 Å². The molecule has 0 aliphatic rings. The monoisotopic (exact) mass is 571 g/mol. The normalized spacial score (nSPS) is 11.8. The van der Waals surface area contributed by atoms with E-state index in [1.807, 2.05) is 5.32 Å². The zero-order valence-electron chi connectivity index (χ0n) is 22.7. The zero-order chi connectivity index (χ0) is 30.7. The molecule has 0 aliphatic heterocycles. The standard InChI is InChI=1S/C25H37N3O12/c1-15(2)23(34)38-10-5-9-37-14-18(26)21(31)27-13-17(29)7-8-19(30)28-20(22(32)33)25(36)40-12-6-11-39-24(35)16(3)4/h18,20H,1,3,5-14,26H2,2,4H3,(H,27,31)(H,28,30)(H,32,33)/t18-,20+/m0/s1. The summed E-state index contributed by atoms with van der Waals surface area (Å²) in [6, 6.07) is -3.08. The van der Waals surface area contributed by atoms with Crippen molar-refractivity contribution in [2.24, 2.45) is 5.73 Å². The van der Waals surface area contributed by atoms with Crippen LogP contribution in [0.4, 0.5) is 0 Å². The van der Waals surface area contributed by atoms with Gasteiger partial charge in [0.15, 0.2) is 5.78 Å². The molecule has 15 nitrogen and oxygen atoms in total. The number of ether oxygens (including phenoxy) is 4. The summed E-state index contributed by atoms with van der Waals surface area (Å²) < 4.78 is 19.7. The van der Waals surface area contributed by atoms with Crippen LogP contribution >= 0.6 is 0 Å². The number of carboxylic acids is 1. The molecule has 0 aromatic heterocycles. The van der Waals surface area contributed by atoms with Gasteiger partial charge in [-0.05, 0) is 13.8 Å². The van der Waals surface area contributed by atoms with Gasteiger partial charge in [0.1, 0.15) is 6.04 Å². The Morgan fingerprint density at radius 2 is 1.35 bits per heavy atom. The number of Topliss-reactive ketones (excluding diaryl/α,β-unsaturated/α-hetero) is 1. The topological polar surface area (TPSA) is 227 Å². The summed E-state index contributed by atoms with van der Waals surface area (Å²) in [5, 5.41) is 13.5. The van der Waals surface area contributed by atoms with Crippen molar-refractivity contribution in [3.8, 4) is 0 Å². The highest BCUT2D eigenvalue weighted by atomic mass is 16.6. The van der Waals surface area contributed by atoms with E-state index in [4.69, 9.17) is 24.7 Å². The van der Waals surface area contributed by atoms with Crippen LogP contribution in [0.5, 0.6) is 0 Å². The van der Waals surface area contributed by atoms with Crippen LogP contribution in [-0.4, -0.2) is 98.2 Å². The highest BCUT2D eigenvalue weighted by Gasteiger charge is 2.29. The molecule has 15 heteroatoms. The Balaban J connectivity index is 4.23. The molecule has 0 fully saturated rings. The number of carbonyl (C=O) groups excluding carboxylic acids is 6. The van der Waals surface area contributed by atoms with Gasteiger partial charge in [-0.2, -0.15) is 0 Å². The van der Waals surface area contributed by atoms with Crippen molar-refractivity contribution < 1.29 is 57.6 Å². The summed E-state index contributed by atoms with van der Waals surface area (Å²) in [4.78, 5) is 81.8. The second-order valence-corrected chi connectivity index (χ2v) is 8.48. The van der Waals surface area contributed by atoms with Crippen LogP contribution in [0.25, 0.3) is 0 Å². The number of hydrogen-bond donors (Lipinski definition) is 4. The third kappa shape index (κ3) is 16.7. The molecule has 224 valence electrons. The van der Waals surface area contributed by atoms with Gasteiger partial charge < -0.3 is 40.4 Å². The van der Waals surface area contributed by atoms with Crippen LogP contribution in [0, 0.1) is 0 Å². The predicted octanol–water partition coefficient (Wildman–Crippen LogP) is -1.07. The van der Waals surface area contributed by atoms with Gasteiger partial charge in [-0.1, -0.05) is 13.2 Å². The number of ketones is 1. The second-order valence-electron chi connectivity index (χ2n) is 8.48. The van der Waals surface area contributed by atoms with E-state index in [1.165, 1.54) is 13.8 Å². The molecule has 0 unspecified atom stereocenters. The van der Waals surface area contributed by atoms with E-state index >= 15 is 0 Å². The number of carbonyl (C=O) groups is 7. The van der Waals surface area contributed by atoms with Crippen molar-refractivity contribution in [2.45, 2.75) is 51.6 Å². The number of amides is 2. The first-order valence-electron chi connectivity index (χ1n) is 12.2. The lowest BCUT2D eigenvalue weighted by Gasteiger charge is -2.14. The van der Waals surface area contributed by atoms with Crippen molar-refractivity contribution in [3.63, 3.8) is 0 Å². The maximum Gasteiger partial charge on any atom is 0.340 e. The van der Waals surface area contributed by atoms with Crippen molar-refractivity contribution in [1.29, 1.82) is 0 Å². The number of carboxylic acid groups (broad SMARTS) is 1. The van der Waals surface area contributed by atoms with Crippen LogP contribution in [0.1, 0.15) is 39.5 Å². The van der Waals surface area contributed by atoms with E-state index in [-0.39, 0.29) is 57.0 Å². The molecular formula is C25H37N3O12. The first kappa shape index (κ1) is 35.9. The lowest BCUT2D eigenvalue weighted by atomic mass is 10.2. The van der Waals surface area contributed by atoms with Crippen molar-refractivity contribution >= 4 is 41.5 Å². The van der Waals surface area contributed by atoms with Crippen LogP contribution < -0.4 is 16.4 Å². The average Bonchev–Trinajstić information content (AvgIpc) is 2.89. The summed E-state index contributed by atoms with van der Waals surface area (Å²) in [6.07, 6.45) is -0.334. The molecule has 5 N–H and O–H groups in total. The lowest BCUT2D eigenvalue weighted by Crippen LogP contribution is -2.47. The smallest absolute Gasteiger partial charge is 0.340 e. The highest BCUT2D eigenvalue weighted by molar-refractivity contribution is 6.02. The van der Waals surface area contributed by atoms with E-state index < -0.39 is 66.5 Å². The van der Waals surface area contributed by atoms with Crippen LogP contribution in [0.15, 0.2) is 24.3 Å². The minimum Gasteiger partial charge on any atom is -0.479 e. The second kappa shape index (κ2) is 19.9. The number of aliphatic carboxylic acids is 1. The molecule has 0 bridgehead atoms. The number of nitrogens with one attached hydrogen (secondary N) is 2. The van der Waals surface area contributed by atoms with Crippen LogP contribution in [0.2, 0.25) is 0 Å². The molecule has 0 spiro atoms. The minimum absolute atomic E-state index is 0.0889. The van der Waals surface area contributed by atoms with Gasteiger partial charge in [0.25, 0.3) is 0 Å². The molecular weight excluding hydrogens is 534 g/mol. The largest absolute Gasteiger partial charge is 0.479 e. The summed E-state index contributed by atoms with van der Waals surface area (Å²) in [5.74, 6) is -6.18. The summed E-state index contributed by atoms with van der Waals surface area (Å²) in [5.41, 5.74) is 6.14. The molecule has 0 aromatic carbocycles. The number of esters is 3. The quantitative estimate of drug-likeness (QED) is 0.0423. The van der Waals surface area contributed by atoms with Crippen LogP contribution in [-0.2, 0) is 52.5 Å². The van der Waals surface area contributed by atoms with Gasteiger partial charge in [-0.15, -0.1) is 0 Å². The molecule has 0 heterocycles. The first-order chi connectivity index (χ1) is 18.8. The molecule has 2 amide bonds. The number of nitrogens with two attached hydrogens (primary N) is 1. The molecule has 0 saturated heterocycles. The SMILES string of the molecule is C=C(C)C(=O)OCCCOC[C@H](N)C(=O)NCC(=O)CCC(=O)N[C@H](C(=O)O)C(=O)OCCCOC(=O)C(=C)C. The van der Waals surface area contributed by atoms with Gasteiger partial charge in [0, 0.05) is 43.4 Å². The van der Waals surface area contributed by atoms with Gasteiger partial charge in [-0.25, -0.2) is 19.2 Å². The molecule has 0 aromatic rings. The van der Waals surface area contributed by atoms with Crippen molar-refractivity contribution in [1.82, 2.24) is 10.6 Å². The molecule has 0 aliphatic carbocycles. The maximum absolute atomic E-state index is 12.0. The fraction of sp³-hybridized carbons (Fsp3) is 0.560. The average molecular weight is 572 g/mol. The fourth-order valence-corrected chi connectivity index (χ4v) is 2.45. The summed E-state index contributed by atoms with van der Waals surface area (Å²) in [7, 11) is 0. The number of hydrogen-bond acceptors (Lipinski definition) is 12. The first-order valence-corrected chi connectivity index (χ1v) is 12.2. The van der Waals surface area contributed by atoms with E-state index in [0.717, 1.165) is 0 Å². The molecule has 40 heavy (non-hydrogen) atoms. The van der Waals surface area contributed by atoms with E-state index in [9.17, 15) is 38.7 Å². The Morgan fingerprint density at radius 1 is 0.825 bits per heavy atom. The minimum atomic E-state index is -2.00. The third-order valence-corrected chi connectivity index (χ3v) is 4.64. The summed E-state index contributed by atoms with van der Waals surface area (Å²) in [6.45, 7) is 9.17. The third-order valence-electron chi connectivity index (χ3n) is 4.64. The fourth-order valence-electron chi connectivity index (χ4n) is 2.45. The Morgan fingerprint density at radius 3 is 1.88 bits per heavy atom. The molecule has 0 saturated carbocycles. The highest BCUT2D eigenvalue weighted by Crippen LogP contribution is 1.99. The van der Waals surface area contributed by atoms with E-state index in [1.54, 1.807) is 0 Å². The number of rotatable bonds is 21. The molecule has 0 rings (SSSR count). The van der Waals surface area contributed by atoms with Gasteiger partial charge >= 0.3 is 23.9 Å². The maximum atomic E-state index is 12.0. The van der Waals surface area contributed by atoms with Crippen molar-refractivity contribution in [2.75, 3.05) is 39.6 Å². The van der Waals surface area contributed by atoms with Gasteiger partial charge in [-0.3, -0.25) is 14.4 Å². The van der Waals surface area contributed by atoms with E-state index in [0.29, 0.717) is 6.42 Å². The Labute approximate surface area is 231 Å². The van der Waals surface area contributed by atoms with E-state index in [2.05, 4.69) is 18.5 Å². The predicted molar refractivity (Wildman–Crippen MR) is 137 cm³/mol. The Kier molecular flexibility index (Phi) is 17.8. The van der Waals surface area contributed by atoms with Crippen LogP contribution in [0.3, 0.4) is 0 Å². The lowest BCUT2D eigenvalue weighted by molar-refractivity contribution is -0.157. The Bertz CT molecular complexity index is 963. The summed E-state index contributed by atoms with van der Waals surface area (Å²) >= 11 is 0. The van der Waals surface area contributed by atoms with Crippen molar-refractivity contribution in [3.05, 3.63) is 24.3 Å². The molecule has 2 atom stereocenters. The van der Waals surface area contributed by atoms with Gasteiger partial charge in [0.2, 0.25) is 17.9 Å². The zero-order valence-corrected chi connectivity index (χ0v) is 22.7. The Hall–Kier alpha value is -4.11.